The molecule has 0 bridgehead atoms. The first-order valence-electron chi connectivity index (χ1n) is 5.71. The number of fused-ring (bicyclic) bond motifs is 1. The molecule has 1 aromatic heterocycles. The van der Waals surface area contributed by atoms with Crippen LogP contribution in [0.3, 0.4) is 0 Å². The number of nitrogens with one attached hydrogen (secondary N) is 1. The summed E-state index contributed by atoms with van der Waals surface area (Å²) < 4.78 is 0. The van der Waals surface area contributed by atoms with Crippen LogP contribution >= 0.6 is 0 Å². The van der Waals surface area contributed by atoms with Gasteiger partial charge in [0.25, 0.3) is 0 Å². The van der Waals surface area contributed by atoms with Gasteiger partial charge in [0.1, 0.15) is 0 Å². The Morgan fingerprint density at radius 3 is 2.94 bits per heavy atom. The lowest BCUT2D eigenvalue weighted by Crippen LogP contribution is -1.93. The molecule has 84 valence electrons. The second kappa shape index (κ2) is 4.47. The average Bonchev–Trinajstić information content (AvgIpc) is 2.70. The lowest BCUT2D eigenvalue weighted by molar-refractivity contribution is 0.100. The second-order valence-electron chi connectivity index (χ2n) is 4.06. The third-order valence-corrected chi connectivity index (χ3v) is 2.73. The molecule has 3 heteroatoms. The first kappa shape index (κ1) is 10.9. The van der Waals surface area contributed by atoms with Crippen molar-refractivity contribution in [1.29, 1.82) is 0 Å². The van der Waals surface area contributed by atoms with Crippen molar-refractivity contribution in [2.75, 3.05) is 0 Å². The van der Waals surface area contributed by atoms with Crippen LogP contribution in [-0.4, -0.2) is 15.8 Å². The number of aromatic amines is 1. The van der Waals surface area contributed by atoms with Gasteiger partial charge in [-0.25, -0.2) is 4.98 Å². The fraction of sp³-hybridized carbons (Fsp3) is 0.385. The standard InChI is InChI=1S/C13H16N2O/c1-3-4-6-10-7-5-8-11-12(10)15-13(14-11)9(2)16/h5,7-8H,3-4,6H2,1-2H3,(H,14,15). The van der Waals surface area contributed by atoms with Gasteiger partial charge in [-0.2, -0.15) is 0 Å². The van der Waals surface area contributed by atoms with Crippen molar-refractivity contribution in [3.05, 3.63) is 29.6 Å². The van der Waals surface area contributed by atoms with Crippen molar-refractivity contribution in [2.24, 2.45) is 0 Å². The Kier molecular flexibility index (Phi) is 3.04. The maximum atomic E-state index is 11.2. The van der Waals surface area contributed by atoms with Crippen molar-refractivity contribution in [3.63, 3.8) is 0 Å². The number of hydrogen-bond acceptors (Lipinski definition) is 2. The van der Waals surface area contributed by atoms with Crippen LogP contribution in [0.4, 0.5) is 0 Å². The fourth-order valence-electron chi connectivity index (χ4n) is 1.83. The molecule has 0 spiro atoms. The maximum Gasteiger partial charge on any atom is 0.195 e. The van der Waals surface area contributed by atoms with Gasteiger partial charge in [0.2, 0.25) is 0 Å². The third kappa shape index (κ3) is 1.98. The van der Waals surface area contributed by atoms with Gasteiger partial charge in [-0.15, -0.1) is 0 Å². The number of aryl methyl sites for hydroxylation is 1. The summed E-state index contributed by atoms with van der Waals surface area (Å²) in [6, 6.07) is 6.06. The minimum atomic E-state index is -0.0161. The molecule has 0 aliphatic heterocycles. The van der Waals surface area contributed by atoms with Crippen molar-refractivity contribution in [2.45, 2.75) is 33.1 Å². The Morgan fingerprint density at radius 2 is 2.25 bits per heavy atom. The summed E-state index contributed by atoms with van der Waals surface area (Å²) in [5.74, 6) is 0.441. The first-order valence-corrected chi connectivity index (χ1v) is 5.71. The van der Waals surface area contributed by atoms with Crippen molar-refractivity contribution in [1.82, 2.24) is 9.97 Å². The quantitative estimate of drug-likeness (QED) is 0.798. The predicted molar refractivity (Wildman–Crippen MR) is 64.7 cm³/mol. The number of rotatable bonds is 4. The number of benzene rings is 1. The van der Waals surface area contributed by atoms with E-state index in [9.17, 15) is 4.79 Å². The van der Waals surface area contributed by atoms with E-state index in [2.05, 4.69) is 23.0 Å². The fourth-order valence-corrected chi connectivity index (χ4v) is 1.83. The summed E-state index contributed by atoms with van der Waals surface area (Å²) in [5.41, 5.74) is 3.13. The molecule has 3 nitrogen and oxygen atoms in total. The Bertz CT molecular complexity index is 514. The van der Waals surface area contributed by atoms with E-state index in [-0.39, 0.29) is 5.78 Å². The van der Waals surface area contributed by atoms with Gasteiger partial charge in [0, 0.05) is 6.92 Å². The van der Waals surface area contributed by atoms with E-state index >= 15 is 0 Å². The second-order valence-corrected chi connectivity index (χ2v) is 4.06. The Morgan fingerprint density at radius 1 is 1.44 bits per heavy atom. The van der Waals surface area contributed by atoms with Crippen LogP contribution in [0.5, 0.6) is 0 Å². The summed E-state index contributed by atoms with van der Waals surface area (Å²) in [6.45, 7) is 3.70. The molecule has 0 fully saturated rings. The van der Waals surface area contributed by atoms with Crippen LogP contribution in [-0.2, 0) is 6.42 Å². The van der Waals surface area contributed by atoms with Gasteiger partial charge in [0.05, 0.1) is 11.0 Å². The van der Waals surface area contributed by atoms with Gasteiger partial charge >= 0.3 is 0 Å². The molecule has 16 heavy (non-hydrogen) atoms. The minimum absolute atomic E-state index is 0.0161. The summed E-state index contributed by atoms with van der Waals surface area (Å²) in [6.07, 6.45) is 3.35. The highest BCUT2D eigenvalue weighted by molar-refractivity contribution is 5.94. The molecule has 2 rings (SSSR count). The number of para-hydroxylation sites is 1. The molecule has 0 radical (unpaired) electrons. The summed E-state index contributed by atoms with van der Waals surface area (Å²) in [4.78, 5) is 18.7. The van der Waals surface area contributed by atoms with Crippen molar-refractivity contribution >= 4 is 16.8 Å². The summed E-state index contributed by atoms with van der Waals surface area (Å²) >= 11 is 0. The molecule has 0 saturated carbocycles. The van der Waals surface area contributed by atoms with E-state index in [0.717, 1.165) is 23.9 Å². The lowest BCUT2D eigenvalue weighted by atomic mass is 10.1. The van der Waals surface area contributed by atoms with Crippen molar-refractivity contribution in [3.8, 4) is 0 Å². The number of carbonyl (C=O) groups excluding carboxylic acids is 1. The highest BCUT2D eigenvalue weighted by Gasteiger charge is 2.09. The largest absolute Gasteiger partial charge is 0.335 e. The van der Waals surface area contributed by atoms with E-state index in [0.29, 0.717) is 5.82 Å². The summed E-state index contributed by atoms with van der Waals surface area (Å²) in [5, 5.41) is 0. The van der Waals surface area contributed by atoms with Crippen molar-refractivity contribution < 1.29 is 4.79 Å². The predicted octanol–water partition coefficient (Wildman–Crippen LogP) is 3.11. The molecule has 2 aromatic rings. The van der Waals surface area contributed by atoms with Crippen LogP contribution in [0.25, 0.3) is 11.0 Å². The molecular weight excluding hydrogens is 200 g/mol. The Balaban J connectivity index is 2.45. The molecule has 0 unspecified atom stereocenters. The van der Waals surface area contributed by atoms with E-state index in [1.807, 2.05) is 12.1 Å². The highest BCUT2D eigenvalue weighted by atomic mass is 16.1. The number of unbranched alkanes of at least 4 members (excludes halogenated alkanes) is 1. The molecular formula is C13H16N2O. The number of nitrogens with zero attached hydrogens (tertiary/aromatic N) is 1. The van der Waals surface area contributed by atoms with Crippen LogP contribution in [0.15, 0.2) is 18.2 Å². The monoisotopic (exact) mass is 216 g/mol. The Hall–Kier alpha value is -1.64. The average molecular weight is 216 g/mol. The van der Waals surface area contributed by atoms with Gasteiger partial charge < -0.3 is 4.98 Å². The number of ketones is 1. The molecule has 0 saturated heterocycles. The third-order valence-electron chi connectivity index (χ3n) is 2.73. The van der Waals surface area contributed by atoms with Gasteiger partial charge in [-0.3, -0.25) is 4.79 Å². The van der Waals surface area contributed by atoms with Gasteiger partial charge in [0.15, 0.2) is 11.6 Å². The zero-order chi connectivity index (χ0) is 11.5. The van der Waals surface area contributed by atoms with Crippen LogP contribution in [0.2, 0.25) is 0 Å². The molecule has 0 amide bonds. The highest BCUT2D eigenvalue weighted by Crippen LogP contribution is 2.18. The van der Waals surface area contributed by atoms with Crippen LogP contribution in [0, 0.1) is 0 Å². The zero-order valence-electron chi connectivity index (χ0n) is 9.71. The molecule has 1 aromatic carbocycles. The number of aromatic nitrogens is 2. The normalized spacial score (nSPS) is 10.9. The van der Waals surface area contributed by atoms with Gasteiger partial charge in [-0.05, 0) is 24.5 Å². The first-order chi connectivity index (χ1) is 7.72. The lowest BCUT2D eigenvalue weighted by Gasteiger charge is -1.99. The molecule has 1 N–H and O–H groups in total. The Labute approximate surface area is 94.9 Å². The molecule has 1 heterocycles. The van der Waals surface area contributed by atoms with Crippen LogP contribution < -0.4 is 0 Å². The van der Waals surface area contributed by atoms with E-state index in [4.69, 9.17) is 0 Å². The number of Topliss-reactive ketones (excluding diaryl/α,β-unsaturated/α-hetero) is 1. The number of H-pyrrole nitrogens is 1. The number of hydrogen-bond donors (Lipinski definition) is 1. The van der Waals surface area contributed by atoms with E-state index in [1.165, 1.54) is 18.9 Å². The zero-order valence-corrected chi connectivity index (χ0v) is 9.71. The van der Waals surface area contributed by atoms with Crippen LogP contribution in [0.1, 0.15) is 42.9 Å². The van der Waals surface area contributed by atoms with E-state index in [1.54, 1.807) is 0 Å². The maximum absolute atomic E-state index is 11.2. The molecule has 0 aliphatic carbocycles. The summed E-state index contributed by atoms with van der Waals surface area (Å²) in [7, 11) is 0. The molecule has 0 aliphatic rings. The SMILES string of the molecule is CCCCc1cccc2[nH]c(C(C)=O)nc12. The minimum Gasteiger partial charge on any atom is -0.335 e. The molecule has 0 atom stereocenters. The topological polar surface area (TPSA) is 45.8 Å². The van der Waals surface area contributed by atoms with Gasteiger partial charge in [-0.1, -0.05) is 25.5 Å². The number of carbonyl (C=O) groups is 1. The van der Waals surface area contributed by atoms with E-state index < -0.39 is 0 Å². The number of imidazole rings is 1. The smallest absolute Gasteiger partial charge is 0.195 e.